The van der Waals surface area contributed by atoms with E-state index in [1.54, 1.807) is 6.07 Å². The third-order valence-electron chi connectivity index (χ3n) is 9.88. The maximum atomic E-state index is 15.7. The first-order valence-corrected chi connectivity index (χ1v) is 15.8. The van der Waals surface area contributed by atoms with Crippen molar-refractivity contribution in [2.24, 2.45) is 5.92 Å². The van der Waals surface area contributed by atoms with Gasteiger partial charge in [-0.3, -0.25) is 4.90 Å². The number of ether oxygens (including phenoxy) is 1. The van der Waals surface area contributed by atoms with Gasteiger partial charge in [0.15, 0.2) is 0 Å². The lowest BCUT2D eigenvalue weighted by atomic mass is 9.80. The number of likely N-dealkylation sites (tertiary alicyclic amines) is 1. The average Bonchev–Trinajstić information content (AvgIpc) is 3.55. The van der Waals surface area contributed by atoms with Crippen LogP contribution in [0.3, 0.4) is 0 Å². The fourth-order valence-electron chi connectivity index (χ4n) is 7.38. The molecular weight excluding hydrogens is 517 g/mol. The van der Waals surface area contributed by atoms with Gasteiger partial charge in [0.2, 0.25) is 0 Å². The quantitative estimate of drug-likeness (QED) is 0.333. The maximum Gasteiger partial charge on any atom is 0.335 e. The van der Waals surface area contributed by atoms with Crippen molar-refractivity contribution in [3.8, 4) is 17.0 Å². The number of hydrogen-bond acceptors (Lipinski definition) is 4. The molecule has 1 N–H and O–H groups in total. The third kappa shape index (κ3) is 5.51. The van der Waals surface area contributed by atoms with Crippen molar-refractivity contribution in [3.63, 3.8) is 0 Å². The van der Waals surface area contributed by atoms with E-state index >= 15 is 4.39 Å². The minimum Gasteiger partial charge on any atom is -0.493 e. The highest BCUT2D eigenvalue weighted by Crippen LogP contribution is 2.47. The second-order valence-corrected chi connectivity index (χ2v) is 12.8. The fourth-order valence-corrected chi connectivity index (χ4v) is 7.38. The Hall–Kier alpha value is -2.90. The van der Waals surface area contributed by atoms with Gasteiger partial charge in [-0.25, -0.2) is 9.18 Å². The maximum absolute atomic E-state index is 15.7. The molecule has 0 radical (unpaired) electrons. The number of aromatic nitrogens is 1. The number of rotatable bonds is 8. The molecule has 3 aromatic rings. The van der Waals surface area contributed by atoms with Crippen LogP contribution < -0.4 is 4.74 Å². The molecule has 0 amide bonds. The van der Waals surface area contributed by atoms with E-state index in [-0.39, 0.29) is 11.5 Å². The van der Waals surface area contributed by atoms with Crippen molar-refractivity contribution in [3.05, 3.63) is 53.1 Å². The smallest absolute Gasteiger partial charge is 0.335 e. The largest absolute Gasteiger partial charge is 0.493 e. The Kier molecular flexibility index (Phi) is 7.50. The van der Waals surface area contributed by atoms with Gasteiger partial charge in [-0.05, 0) is 99.0 Å². The highest BCUT2D eigenvalue weighted by molar-refractivity contribution is 5.98. The van der Waals surface area contributed by atoms with Crippen LogP contribution in [0.25, 0.3) is 22.2 Å². The molecule has 41 heavy (non-hydrogen) atoms. The Morgan fingerprint density at radius 1 is 0.902 bits per heavy atom. The third-order valence-corrected chi connectivity index (χ3v) is 9.88. The van der Waals surface area contributed by atoms with Crippen LogP contribution in [0.1, 0.15) is 78.8 Å². The number of carboxylic acid groups (broad SMARTS) is 1. The van der Waals surface area contributed by atoms with Crippen molar-refractivity contribution in [1.82, 2.24) is 14.4 Å². The average molecular weight is 560 g/mol. The predicted molar refractivity (Wildman–Crippen MR) is 160 cm³/mol. The lowest BCUT2D eigenvalue weighted by molar-refractivity contribution is 0.0697. The number of nitrogens with zero attached hydrogens (tertiary/aromatic N) is 3. The van der Waals surface area contributed by atoms with E-state index in [2.05, 4.69) is 32.6 Å². The van der Waals surface area contributed by atoms with Crippen LogP contribution in [0.5, 0.6) is 5.75 Å². The first-order chi connectivity index (χ1) is 20.0. The van der Waals surface area contributed by atoms with E-state index in [1.165, 1.54) is 44.3 Å². The summed E-state index contributed by atoms with van der Waals surface area (Å²) in [5.41, 5.74) is 5.70. The summed E-state index contributed by atoms with van der Waals surface area (Å²) in [6.07, 6.45) is 7.57. The van der Waals surface area contributed by atoms with E-state index in [0.717, 1.165) is 92.1 Å². The van der Waals surface area contributed by atoms with Gasteiger partial charge in [-0.1, -0.05) is 18.9 Å². The van der Waals surface area contributed by atoms with Crippen LogP contribution in [-0.2, 0) is 13.1 Å². The highest BCUT2D eigenvalue weighted by Gasteiger charge is 2.34. The summed E-state index contributed by atoms with van der Waals surface area (Å²) in [6.45, 7) is 7.62. The van der Waals surface area contributed by atoms with Crippen LogP contribution >= 0.6 is 0 Å². The molecule has 0 spiro atoms. The molecule has 2 saturated carbocycles. The standard InChI is InChI=1S/C34H42FN3O3/c35-30-6-2-1-5-28(30)32-29-11-9-24(34(39)40)20-31(29)38-18-17-37(16-15-36-13-3-4-14-36)21-25-19-26(41-22-23-7-8-23)10-12-27(25)33(32)38/h9-12,19-20,23,28,30H,1-8,13-18,21-22H2,(H,39,40)/t28-,30-/m0/s1. The molecule has 7 rings (SSSR count). The van der Waals surface area contributed by atoms with Crippen molar-refractivity contribution in [2.45, 2.75) is 76.5 Å². The normalized spacial score (nSPS) is 23.6. The van der Waals surface area contributed by atoms with E-state index in [1.807, 2.05) is 12.1 Å². The monoisotopic (exact) mass is 559 g/mol. The molecule has 2 aliphatic heterocycles. The van der Waals surface area contributed by atoms with Gasteiger partial charge in [0.25, 0.3) is 0 Å². The second-order valence-electron chi connectivity index (χ2n) is 12.8. The lowest BCUT2D eigenvalue weighted by Gasteiger charge is -2.31. The van der Waals surface area contributed by atoms with Crippen LogP contribution in [-0.4, -0.2) is 70.9 Å². The zero-order valence-electron chi connectivity index (χ0n) is 24.0. The van der Waals surface area contributed by atoms with Gasteiger partial charge in [0.1, 0.15) is 11.9 Å². The molecule has 0 bridgehead atoms. The molecule has 7 heteroatoms. The molecule has 1 aromatic heterocycles. The van der Waals surface area contributed by atoms with E-state index in [9.17, 15) is 9.90 Å². The zero-order chi connectivity index (χ0) is 27.9. The van der Waals surface area contributed by atoms with Crippen LogP contribution in [0.2, 0.25) is 0 Å². The van der Waals surface area contributed by atoms with Crippen molar-refractivity contribution >= 4 is 16.9 Å². The number of alkyl halides is 1. The van der Waals surface area contributed by atoms with Crippen LogP contribution in [0.15, 0.2) is 36.4 Å². The Morgan fingerprint density at radius 3 is 2.49 bits per heavy atom. The Balaban J connectivity index is 1.35. The molecule has 1 saturated heterocycles. The lowest BCUT2D eigenvalue weighted by Crippen LogP contribution is -2.36. The summed E-state index contributed by atoms with van der Waals surface area (Å²) in [4.78, 5) is 17.1. The van der Waals surface area contributed by atoms with Crippen molar-refractivity contribution < 1.29 is 19.0 Å². The molecule has 2 atom stereocenters. The van der Waals surface area contributed by atoms with Gasteiger partial charge in [-0.15, -0.1) is 0 Å². The van der Waals surface area contributed by atoms with Crippen LogP contribution in [0.4, 0.5) is 4.39 Å². The topological polar surface area (TPSA) is 57.9 Å². The molecule has 3 heterocycles. The summed E-state index contributed by atoms with van der Waals surface area (Å²) in [7, 11) is 0. The van der Waals surface area contributed by atoms with Gasteiger partial charge >= 0.3 is 5.97 Å². The first kappa shape index (κ1) is 27.0. The number of hydrogen-bond donors (Lipinski definition) is 1. The molecule has 4 aliphatic rings. The summed E-state index contributed by atoms with van der Waals surface area (Å²) < 4.78 is 24.2. The summed E-state index contributed by atoms with van der Waals surface area (Å²) in [5, 5.41) is 10.9. The molecule has 2 aliphatic carbocycles. The highest BCUT2D eigenvalue weighted by atomic mass is 19.1. The predicted octanol–water partition coefficient (Wildman–Crippen LogP) is 6.70. The first-order valence-electron chi connectivity index (χ1n) is 15.8. The number of halogens is 1. The zero-order valence-corrected chi connectivity index (χ0v) is 24.0. The number of aromatic carboxylic acids is 1. The van der Waals surface area contributed by atoms with E-state index in [4.69, 9.17) is 4.74 Å². The minimum absolute atomic E-state index is 0.178. The second kappa shape index (κ2) is 11.4. The molecule has 0 unspecified atom stereocenters. The van der Waals surface area contributed by atoms with Crippen LogP contribution in [0, 0.1) is 5.92 Å². The molecule has 3 fully saturated rings. The molecule has 218 valence electrons. The van der Waals surface area contributed by atoms with Crippen molar-refractivity contribution in [2.75, 3.05) is 39.3 Å². The fraction of sp³-hybridized carbons (Fsp3) is 0.559. The van der Waals surface area contributed by atoms with Gasteiger partial charge < -0.3 is 19.3 Å². The van der Waals surface area contributed by atoms with Crippen molar-refractivity contribution in [1.29, 1.82) is 0 Å². The molecule has 6 nitrogen and oxygen atoms in total. The number of fused-ring (bicyclic) bond motifs is 5. The number of carboxylic acids is 1. The summed E-state index contributed by atoms with van der Waals surface area (Å²) in [6, 6.07) is 11.9. The Labute approximate surface area is 242 Å². The number of benzene rings is 2. The minimum atomic E-state index is -0.930. The Bertz CT molecular complexity index is 1420. The van der Waals surface area contributed by atoms with Gasteiger partial charge in [0.05, 0.1) is 17.9 Å². The summed E-state index contributed by atoms with van der Waals surface area (Å²) >= 11 is 0. The summed E-state index contributed by atoms with van der Waals surface area (Å²) in [5.74, 6) is 0.483. The van der Waals surface area contributed by atoms with E-state index in [0.29, 0.717) is 12.3 Å². The Morgan fingerprint density at radius 2 is 1.71 bits per heavy atom. The SMILES string of the molecule is O=C(O)c1ccc2c([C@H]3CCCC[C@@H]3F)c3n(c2c1)CCN(CCN1CCCC1)Cc1cc(OCC2CC2)ccc1-3. The number of carbonyl (C=O) groups is 1. The van der Waals surface area contributed by atoms with Gasteiger partial charge in [-0.2, -0.15) is 0 Å². The molecule has 2 aromatic carbocycles. The van der Waals surface area contributed by atoms with Gasteiger partial charge in [0, 0.05) is 55.1 Å². The molecular formula is C34H42FN3O3. The van der Waals surface area contributed by atoms with E-state index < -0.39 is 12.1 Å².